The Morgan fingerprint density at radius 2 is 1.84 bits per heavy atom. The summed E-state index contributed by atoms with van der Waals surface area (Å²) in [6.07, 6.45) is 1.45. The van der Waals surface area contributed by atoms with Crippen LogP contribution in [0.15, 0.2) is 84.3 Å². The number of para-hydroxylation sites is 1. The number of carbonyl (C=O) groups excluding carboxylic acids is 1. The first kappa shape index (κ1) is 22.5. The maximum absolute atomic E-state index is 14.0. The molecule has 0 spiro atoms. The van der Waals surface area contributed by atoms with E-state index in [4.69, 9.17) is 11.6 Å². The van der Waals surface area contributed by atoms with Gasteiger partial charge in [0.25, 0.3) is 15.9 Å². The van der Waals surface area contributed by atoms with Gasteiger partial charge < -0.3 is 5.32 Å². The number of benzene rings is 3. The molecule has 3 aromatic carbocycles. The van der Waals surface area contributed by atoms with Gasteiger partial charge in [0.2, 0.25) is 0 Å². The van der Waals surface area contributed by atoms with Gasteiger partial charge in [-0.1, -0.05) is 41.9 Å². The number of halogens is 2. The van der Waals surface area contributed by atoms with E-state index in [-0.39, 0.29) is 27.7 Å². The summed E-state index contributed by atoms with van der Waals surface area (Å²) in [5.74, 6) is -1.26. The van der Waals surface area contributed by atoms with Crippen LogP contribution in [0.2, 0.25) is 5.02 Å². The fourth-order valence-electron chi connectivity index (χ4n) is 2.94. The Morgan fingerprint density at radius 3 is 2.52 bits per heavy atom. The van der Waals surface area contributed by atoms with Crippen LogP contribution in [0, 0.1) is 12.7 Å². The fraction of sp³-hybridized carbons (Fsp3) is 0.0870. The maximum Gasteiger partial charge on any atom is 0.266 e. The number of sulfonamides is 1. The summed E-state index contributed by atoms with van der Waals surface area (Å²) >= 11 is 6.20. The molecule has 0 bridgehead atoms. The van der Waals surface area contributed by atoms with Gasteiger partial charge in [-0.15, -0.1) is 6.58 Å². The SMILES string of the molecule is C=CCN(c1ccccc1)S(=O)(=O)c1cc(C(=O)Nc2cc(C)ccc2F)ccc1Cl. The molecule has 0 heterocycles. The van der Waals surface area contributed by atoms with Crippen LogP contribution in [0.5, 0.6) is 0 Å². The molecule has 0 saturated carbocycles. The quantitative estimate of drug-likeness (QED) is 0.480. The van der Waals surface area contributed by atoms with Crippen molar-refractivity contribution in [1.29, 1.82) is 0 Å². The van der Waals surface area contributed by atoms with Crippen LogP contribution < -0.4 is 9.62 Å². The highest BCUT2D eigenvalue weighted by Gasteiger charge is 2.27. The molecule has 0 aliphatic heterocycles. The van der Waals surface area contributed by atoms with Crippen molar-refractivity contribution in [1.82, 2.24) is 0 Å². The summed E-state index contributed by atoms with van der Waals surface area (Å²) in [4.78, 5) is 12.4. The molecule has 5 nitrogen and oxygen atoms in total. The van der Waals surface area contributed by atoms with Crippen molar-refractivity contribution in [3.8, 4) is 0 Å². The predicted octanol–water partition coefficient (Wildman–Crippen LogP) is 5.42. The number of carbonyl (C=O) groups is 1. The highest BCUT2D eigenvalue weighted by atomic mass is 35.5. The van der Waals surface area contributed by atoms with Crippen molar-refractivity contribution >= 4 is 38.9 Å². The largest absolute Gasteiger partial charge is 0.319 e. The highest BCUT2D eigenvalue weighted by molar-refractivity contribution is 7.93. The molecule has 3 aromatic rings. The standard InChI is InChI=1S/C23H20ClFN2O3S/c1-3-13-27(18-7-5-4-6-8-18)31(29,30)22-15-17(10-11-19(22)24)23(28)26-21-14-16(2)9-12-20(21)25/h3-12,14-15H,1,13H2,2H3,(H,26,28). The molecule has 0 saturated heterocycles. The van der Waals surface area contributed by atoms with Gasteiger partial charge in [0.1, 0.15) is 10.7 Å². The molecule has 160 valence electrons. The molecule has 31 heavy (non-hydrogen) atoms. The van der Waals surface area contributed by atoms with E-state index in [1.165, 1.54) is 36.4 Å². The smallest absolute Gasteiger partial charge is 0.266 e. The van der Waals surface area contributed by atoms with Crippen LogP contribution >= 0.6 is 11.6 Å². The second-order valence-electron chi connectivity index (χ2n) is 6.74. The molecule has 1 amide bonds. The lowest BCUT2D eigenvalue weighted by molar-refractivity contribution is 0.102. The van der Waals surface area contributed by atoms with Gasteiger partial charge in [-0.2, -0.15) is 0 Å². The molecule has 0 fully saturated rings. The lowest BCUT2D eigenvalue weighted by Gasteiger charge is -2.24. The molecule has 3 rings (SSSR count). The average molecular weight is 459 g/mol. The van der Waals surface area contributed by atoms with Gasteiger partial charge in [-0.3, -0.25) is 9.10 Å². The number of nitrogens with one attached hydrogen (secondary N) is 1. The van der Waals surface area contributed by atoms with Gasteiger partial charge in [-0.25, -0.2) is 12.8 Å². The molecule has 0 atom stereocenters. The Balaban J connectivity index is 2.00. The first-order valence-electron chi connectivity index (χ1n) is 9.30. The third kappa shape index (κ3) is 4.95. The lowest BCUT2D eigenvalue weighted by Crippen LogP contribution is -2.31. The molecule has 0 aliphatic rings. The Labute approximate surface area is 185 Å². The van der Waals surface area contributed by atoms with Crippen molar-refractivity contribution in [2.45, 2.75) is 11.8 Å². The van der Waals surface area contributed by atoms with E-state index in [2.05, 4.69) is 11.9 Å². The minimum Gasteiger partial charge on any atom is -0.319 e. The van der Waals surface area contributed by atoms with Gasteiger partial charge >= 0.3 is 0 Å². The van der Waals surface area contributed by atoms with E-state index >= 15 is 0 Å². The Kier molecular flexibility index (Phi) is 6.77. The van der Waals surface area contributed by atoms with E-state index in [0.29, 0.717) is 5.69 Å². The molecule has 0 radical (unpaired) electrons. The summed E-state index contributed by atoms with van der Waals surface area (Å²) in [7, 11) is -4.11. The highest BCUT2D eigenvalue weighted by Crippen LogP contribution is 2.30. The molecule has 0 unspecified atom stereocenters. The summed E-state index contributed by atoms with van der Waals surface area (Å²) in [5, 5.41) is 2.43. The van der Waals surface area contributed by atoms with E-state index in [1.807, 2.05) is 0 Å². The first-order chi connectivity index (χ1) is 14.7. The number of aryl methyl sites for hydroxylation is 1. The summed E-state index contributed by atoms with van der Waals surface area (Å²) in [6.45, 7) is 5.40. The number of hydrogen-bond donors (Lipinski definition) is 1. The first-order valence-corrected chi connectivity index (χ1v) is 11.1. The van der Waals surface area contributed by atoms with Gasteiger partial charge in [0, 0.05) is 5.56 Å². The van der Waals surface area contributed by atoms with Crippen LogP contribution in [0.25, 0.3) is 0 Å². The summed E-state index contributed by atoms with van der Waals surface area (Å²) < 4.78 is 41.9. The van der Waals surface area contributed by atoms with E-state index in [1.54, 1.807) is 43.3 Å². The lowest BCUT2D eigenvalue weighted by atomic mass is 10.2. The normalized spacial score (nSPS) is 11.1. The Bertz CT molecular complexity index is 1230. The number of amides is 1. The fourth-order valence-corrected chi connectivity index (χ4v) is 4.88. The van der Waals surface area contributed by atoms with Crippen LogP contribution in [-0.2, 0) is 10.0 Å². The minimum atomic E-state index is -4.11. The van der Waals surface area contributed by atoms with E-state index < -0.39 is 21.7 Å². The number of anilines is 2. The molecule has 8 heteroatoms. The van der Waals surface area contributed by atoms with Crippen molar-refractivity contribution in [3.05, 3.63) is 101 Å². The van der Waals surface area contributed by atoms with E-state index in [0.717, 1.165) is 9.87 Å². The van der Waals surface area contributed by atoms with Crippen molar-refractivity contribution in [3.63, 3.8) is 0 Å². The second-order valence-corrected chi connectivity index (χ2v) is 8.98. The van der Waals surface area contributed by atoms with Crippen LogP contribution in [0.1, 0.15) is 15.9 Å². The van der Waals surface area contributed by atoms with Crippen molar-refractivity contribution < 1.29 is 17.6 Å². The van der Waals surface area contributed by atoms with Crippen molar-refractivity contribution in [2.24, 2.45) is 0 Å². The zero-order chi connectivity index (χ0) is 22.6. The molecular weight excluding hydrogens is 439 g/mol. The summed E-state index contributed by atoms with van der Waals surface area (Å²) in [6, 6.07) is 16.7. The van der Waals surface area contributed by atoms with Gasteiger partial charge in [-0.05, 0) is 55.0 Å². The third-order valence-electron chi connectivity index (χ3n) is 4.47. The molecular formula is C23H20ClFN2O3S. The second kappa shape index (κ2) is 9.32. The zero-order valence-corrected chi connectivity index (χ0v) is 18.3. The predicted molar refractivity (Wildman–Crippen MR) is 122 cm³/mol. The number of rotatable bonds is 7. The molecule has 0 aromatic heterocycles. The van der Waals surface area contributed by atoms with Gasteiger partial charge in [0.05, 0.1) is 22.9 Å². The monoisotopic (exact) mass is 458 g/mol. The van der Waals surface area contributed by atoms with Crippen LogP contribution in [0.3, 0.4) is 0 Å². The number of nitrogens with zero attached hydrogens (tertiary/aromatic N) is 1. The minimum absolute atomic E-state index is 0.00178. The third-order valence-corrected chi connectivity index (χ3v) is 6.75. The van der Waals surface area contributed by atoms with Crippen LogP contribution in [0.4, 0.5) is 15.8 Å². The maximum atomic E-state index is 14.0. The summed E-state index contributed by atoms with van der Waals surface area (Å²) in [5.41, 5.74) is 1.21. The molecule has 1 N–H and O–H groups in total. The van der Waals surface area contributed by atoms with Crippen LogP contribution in [-0.4, -0.2) is 20.9 Å². The zero-order valence-electron chi connectivity index (χ0n) is 16.7. The molecule has 0 aliphatic carbocycles. The average Bonchev–Trinajstić information content (AvgIpc) is 2.75. The van der Waals surface area contributed by atoms with Crippen molar-refractivity contribution in [2.75, 3.05) is 16.2 Å². The topological polar surface area (TPSA) is 66.5 Å². The Morgan fingerprint density at radius 1 is 1.13 bits per heavy atom. The van der Waals surface area contributed by atoms with Gasteiger partial charge in [0.15, 0.2) is 0 Å². The Hall–Kier alpha value is -3.16. The van der Waals surface area contributed by atoms with E-state index in [9.17, 15) is 17.6 Å². The number of hydrogen-bond acceptors (Lipinski definition) is 3.